The molecule has 2 fully saturated rings. The van der Waals surface area contributed by atoms with Crippen LogP contribution in [0.15, 0.2) is 42.0 Å². The third-order valence-corrected chi connectivity index (χ3v) is 9.01. The molecule has 2 saturated heterocycles. The first-order valence-corrected chi connectivity index (χ1v) is 14.9. The normalized spacial score (nSPS) is 22.6. The smallest absolute Gasteiger partial charge is 0.416 e. The van der Waals surface area contributed by atoms with E-state index in [1.165, 1.54) is 4.90 Å². The van der Waals surface area contributed by atoms with Crippen LogP contribution >= 0.6 is 0 Å². The number of methoxy groups -OCH3 is 1. The summed E-state index contributed by atoms with van der Waals surface area (Å²) in [6.07, 6.45) is -7.97. The number of alkyl halides is 6. The number of halogens is 6. The Kier molecular flexibility index (Phi) is 8.65. The lowest BCUT2D eigenvalue weighted by atomic mass is 9.72. The van der Waals surface area contributed by atoms with Crippen LogP contribution in [-0.2, 0) is 21.9 Å². The Labute approximate surface area is 258 Å². The highest BCUT2D eigenvalue weighted by atomic mass is 19.4. The summed E-state index contributed by atoms with van der Waals surface area (Å²) in [6, 6.07) is 5.99. The van der Waals surface area contributed by atoms with Gasteiger partial charge in [0.15, 0.2) is 0 Å². The van der Waals surface area contributed by atoms with Crippen LogP contribution < -0.4 is 9.64 Å². The number of carbonyl (C=O) groups excluding carboxylic acids is 2. The maximum absolute atomic E-state index is 13.6. The summed E-state index contributed by atoms with van der Waals surface area (Å²) in [5.41, 5.74) is -0.106. The van der Waals surface area contributed by atoms with Crippen molar-refractivity contribution in [2.24, 2.45) is 5.41 Å². The van der Waals surface area contributed by atoms with Crippen LogP contribution in [0.5, 0.6) is 5.75 Å². The standard InChI is InChI=1S/C33H36F6N2O4/c1-19-29(20-13-22(32(34,35)36)15-23(14-20)33(37,38)39)45-30(43)41(19)18-21-17-31(2,3)11-10-25(21)26-16-24(8-9-27(26)44-4)40-12-6-5-7-28(40)42/h8-9,13-16,19,29H,5-7,10-12,17-18H2,1-4H3/t19-,29-/m0/s1. The van der Waals surface area contributed by atoms with E-state index in [1.54, 1.807) is 18.9 Å². The fourth-order valence-electron chi connectivity index (χ4n) is 6.58. The van der Waals surface area contributed by atoms with Gasteiger partial charge in [0.25, 0.3) is 0 Å². The van der Waals surface area contributed by atoms with Crippen molar-refractivity contribution in [1.82, 2.24) is 4.90 Å². The van der Waals surface area contributed by atoms with Crippen molar-refractivity contribution >= 4 is 23.3 Å². The molecule has 2 aliphatic heterocycles. The Balaban J connectivity index is 1.52. The Bertz CT molecular complexity index is 1480. The van der Waals surface area contributed by atoms with Gasteiger partial charge in [0.1, 0.15) is 11.9 Å². The van der Waals surface area contributed by atoms with Crippen LogP contribution in [0.1, 0.15) is 87.7 Å². The molecule has 0 unspecified atom stereocenters. The van der Waals surface area contributed by atoms with E-state index in [2.05, 4.69) is 13.8 Å². The summed E-state index contributed by atoms with van der Waals surface area (Å²) in [7, 11) is 1.55. The molecule has 0 bridgehead atoms. The number of anilines is 1. The fourth-order valence-corrected chi connectivity index (χ4v) is 6.58. The monoisotopic (exact) mass is 638 g/mol. The number of hydrogen-bond acceptors (Lipinski definition) is 4. The van der Waals surface area contributed by atoms with E-state index >= 15 is 0 Å². The van der Waals surface area contributed by atoms with Crippen LogP contribution in [0.3, 0.4) is 0 Å². The maximum Gasteiger partial charge on any atom is 0.416 e. The Hall–Kier alpha value is -3.70. The zero-order valence-corrected chi connectivity index (χ0v) is 25.6. The van der Waals surface area contributed by atoms with Gasteiger partial charge in [-0.2, -0.15) is 26.3 Å². The molecular weight excluding hydrogens is 602 g/mol. The van der Waals surface area contributed by atoms with E-state index in [0.717, 1.165) is 41.7 Å². The van der Waals surface area contributed by atoms with Gasteiger partial charge in [0.05, 0.1) is 24.3 Å². The van der Waals surface area contributed by atoms with Gasteiger partial charge >= 0.3 is 18.4 Å². The van der Waals surface area contributed by atoms with Crippen LogP contribution in [0.4, 0.5) is 36.8 Å². The minimum absolute atomic E-state index is 0.0410. The van der Waals surface area contributed by atoms with Crippen molar-refractivity contribution < 1.29 is 45.4 Å². The van der Waals surface area contributed by atoms with E-state index in [1.807, 2.05) is 18.2 Å². The molecule has 0 saturated carbocycles. The molecule has 5 rings (SSSR count). The SMILES string of the molecule is COc1ccc(N2CCCCC2=O)cc1C1=C(CN2C(=O)O[C@H](c3cc(C(F)(F)F)cc(C(F)(F)F)c3)[C@@H]2C)CC(C)(C)CC1. The van der Waals surface area contributed by atoms with Crippen LogP contribution in [0.2, 0.25) is 0 Å². The first-order valence-electron chi connectivity index (χ1n) is 14.9. The average molecular weight is 639 g/mol. The first kappa shape index (κ1) is 32.7. The number of allylic oxidation sites excluding steroid dienone is 1. The molecular formula is C33H36F6N2O4. The first-order chi connectivity index (χ1) is 21.0. The summed E-state index contributed by atoms with van der Waals surface area (Å²) < 4.78 is 92.6. The number of rotatable bonds is 6. The number of benzene rings is 2. The number of piperidine rings is 1. The van der Waals surface area contributed by atoms with Gasteiger partial charge in [0.2, 0.25) is 5.91 Å². The average Bonchev–Trinajstić information content (AvgIpc) is 3.24. The maximum atomic E-state index is 13.6. The van der Waals surface area contributed by atoms with Crippen LogP contribution in [0, 0.1) is 5.41 Å². The summed E-state index contributed by atoms with van der Waals surface area (Å²) in [5, 5.41) is 0. The van der Waals surface area contributed by atoms with E-state index in [0.29, 0.717) is 43.7 Å². The number of carbonyl (C=O) groups is 2. The summed E-state index contributed by atoms with van der Waals surface area (Å²) >= 11 is 0. The number of cyclic esters (lactones) is 1. The summed E-state index contributed by atoms with van der Waals surface area (Å²) in [6.45, 7) is 6.42. The molecule has 45 heavy (non-hydrogen) atoms. The highest BCUT2D eigenvalue weighted by Crippen LogP contribution is 2.47. The van der Waals surface area contributed by atoms with E-state index < -0.39 is 41.7 Å². The number of amides is 2. The van der Waals surface area contributed by atoms with Gasteiger partial charge in [-0.15, -0.1) is 0 Å². The van der Waals surface area contributed by atoms with Crippen molar-refractivity contribution in [2.75, 3.05) is 25.1 Å². The molecule has 2 heterocycles. The molecule has 2 amide bonds. The predicted octanol–water partition coefficient (Wildman–Crippen LogP) is 8.80. The zero-order chi connectivity index (χ0) is 32.9. The van der Waals surface area contributed by atoms with Crippen molar-refractivity contribution in [1.29, 1.82) is 0 Å². The Morgan fingerprint density at radius 3 is 2.22 bits per heavy atom. The largest absolute Gasteiger partial charge is 0.496 e. The molecule has 3 aliphatic rings. The predicted molar refractivity (Wildman–Crippen MR) is 156 cm³/mol. The van der Waals surface area contributed by atoms with E-state index in [4.69, 9.17) is 9.47 Å². The number of ether oxygens (including phenoxy) is 2. The molecule has 0 N–H and O–H groups in total. The molecule has 6 nitrogen and oxygen atoms in total. The highest BCUT2D eigenvalue weighted by Gasteiger charge is 2.44. The quantitative estimate of drug-likeness (QED) is 0.297. The lowest BCUT2D eigenvalue weighted by Crippen LogP contribution is -2.36. The van der Waals surface area contributed by atoms with Crippen molar-refractivity contribution in [3.63, 3.8) is 0 Å². The van der Waals surface area contributed by atoms with Gasteiger partial charge in [-0.3, -0.25) is 9.69 Å². The minimum Gasteiger partial charge on any atom is -0.496 e. The molecule has 244 valence electrons. The van der Waals surface area contributed by atoms with Gasteiger partial charge in [-0.25, -0.2) is 4.79 Å². The lowest BCUT2D eigenvalue weighted by Gasteiger charge is -2.36. The highest BCUT2D eigenvalue weighted by molar-refractivity contribution is 5.95. The summed E-state index contributed by atoms with van der Waals surface area (Å²) in [4.78, 5) is 29.0. The van der Waals surface area contributed by atoms with Crippen LogP contribution in [-0.4, -0.2) is 43.1 Å². The zero-order valence-electron chi connectivity index (χ0n) is 25.6. The molecule has 0 spiro atoms. The number of hydrogen-bond donors (Lipinski definition) is 0. The summed E-state index contributed by atoms with van der Waals surface area (Å²) in [5.74, 6) is 0.633. The minimum atomic E-state index is -5.03. The topological polar surface area (TPSA) is 59.1 Å². The van der Waals surface area contributed by atoms with Crippen molar-refractivity contribution in [3.8, 4) is 5.75 Å². The van der Waals surface area contributed by atoms with Gasteiger partial charge < -0.3 is 14.4 Å². The molecule has 12 heteroatoms. The third-order valence-electron chi connectivity index (χ3n) is 9.01. The van der Waals surface area contributed by atoms with Crippen molar-refractivity contribution in [3.05, 3.63) is 64.2 Å². The molecule has 0 radical (unpaired) electrons. The third kappa shape index (κ3) is 6.79. The van der Waals surface area contributed by atoms with Crippen LogP contribution in [0.25, 0.3) is 5.57 Å². The second kappa shape index (κ2) is 11.9. The second-order valence-corrected chi connectivity index (χ2v) is 12.8. The van der Waals surface area contributed by atoms with E-state index in [9.17, 15) is 35.9 Å². The van der Waals surface area contributed by atoms with Gasteiger partial charge in [-0.1, -0.05) is 13.8 Å². The van der Waals surface area contributed by atoms with E-state index in [-0.39, 0.29) is 29.5 Å². The molecule has 2 aromatic carbocycles. The lowest BCUT2D eigenvalue weighted by molar-refractivity contribution is -0.143. The molecule has 1 aliphatic carbocycles. The fraction of sp³-hybridized carbons (Fsp3) is 0.515. The molecule has 2 aromatic rings. The van der Waals surface area contributed by atoms with Gasteiger partial charge in [-0.05, 0) is 97.6 Å². The van der Waals surface area contributed by atoms with Crippen molar-refractivity contribution in [2.45, 2.75) is 83.8 Å². The molecule has 0 aromatic heterocycles. The number of nitrogens with zero attached hydrogens (tertiary/aromatic N) is 2. The Morgan fingerprint density at radius 1 is 0.956 bits per heavy atom. The van der Waals surface area contributed by atoms with Gasteiger partial charge in [0, 0.05) is 30.8 Å². The second-order valence-electron chi connectivity index (χ2n) is 12.8. The Morgan fingerprint density at radius 2 is 1.62 bits per heavy atom. The molecule has 2 atom stereocenters.